The highest BCUT2D eigenvalue weighted by Crippen LogP contribution is 2.55. The molecule has 35 heavy (non-hydrogen) atoms. The molecule has 0 aromatic carbocycles. The van der Waals surface area contributed by atoms with Crippen LogP contribution in [0.4, 0.5) is 0 Å². The highest BCUT2D eigenvalue weighted by atomic mass is 16.5. The summed E-state index contributed by atoms with van der Waals surface area (Å²) in [5, 5.41) is 31.2. The standard InChI is InChI=1S/C29H42O6/c1-17-10-6-9-13-23-19(3)16-22-24(15-14-18(2)26(22)31)29(23,5)28(34)35-20(4)11-7-8-12-21(25(17)30)27(32)33/h6,9-10,12-13,16-18,20,22-26,30-31H,7-8,11,14-15H2,1-5H3,(H,32,33)/b10-6+,13-9+,21-12+/t17-,18-,20+,22+,23-,24-,25+,26+,29+/m0/s1. The molecule has 0 aromatic rings. The Bertz CT molecular complexity index is 914. The molecule has 194 valence electrons. The number of rotatable bonds is 1. The smallest absolute Gasteiger partial charge is 0.333 e. The topological polar surface area (TPSA) is 104 Å². The van der Waals surface area contributed by atoms with Crippen LogP contribution in [0.3, 0.4) is 0 Å². The van der Waals surface area contributed by atoms with Gasteiger partial charge in [-0.1, -0.05) is 55.9 Å². The van der Waals surface area contributed by atoms with Crippen molar-refractivity contribution >= 4 is 11.9 Å². The maximum Gasteiger partial charge on any atom is 0.333 e. The number of aliphatic hydroxyl groups excluding tert-OH is 2. The average molecular weight is 487 g/mol. The van der Waals surface area contributed by atoms with Gasteiger partial charge in [-0.3, -0.25) is 4.79 Å². The van der Waals surface area contributed by atoms with E-state index in [0.717, 1.165) is 18.4 Å². The second kappa shape index (κ2) is 11.3. The van der Waals surface area contributed by atoms with E-state index in [0.29, 0.717) is 19.3 Å². The lowest BCUT2D eigenvalue weighted by atomic mass is 9.52. The molecule has 6 heteroatoms. The van der Waals surface area contributed by atoms with Crippen molar-refractivity contribution in [3.05, 3.63) is 47.6 Å². The number of allylic oxidation sites excluding steroid dienone is 5. The van der Waals surface area contributed by atoms with Gasteiger partial charge < -0.3 is 20.1 Å². The van der Waals surface area contributed by atoms with Gasteiger partial charge in [0, 0.05) is 17.8 Å². The predicted molar refractivity (Wildman–Crippen MR) is 135 cm³/mol. The zero-order valence-electron chi connectivity index (χ0n) is 21.7. The van der Waals surface area contributed by atoms with Crippen LogP contribution >= 0.6 is 0 Å². The first-order chi connectivity index (χ1) is 16.5. The van der Waals surface area contributed by atoms with Crippen molar-refractivity contribution in [2.75, 3.05) is 0 Å². The maximum absolute atomic E-state index is 13.8. The third-order valence-corrected chi connectivity index (χ3v) is 8.56. The fraction of sp³-hybridized carbons (Fsp3) is 0.655. The Hall–Kier alpha value is -2.18. The minimum atomic E-state index is -1.12. The van der Waals surface area contributed by atoms with Crippen LogP contribution < -0.4 is 0 Å². The van der Waals surface area contributed by atoms with Crippen LogP contribution in [0.2, 0.25) is 0 Å². The zero-order valence-corrected chi connectivity index (χ0v) is 21.7. The van der Waals surface area contributed by atoms with E-state index in [-0.39, 0.29) is 47.2 Å². The van der Waals surface area contributed by atoms with E-state index in [2.05, 4.69) is 13.0 Å². The molecular formula is C29H42O6. The highest BCUT2D eigenvalue weighted by Gasteiger charge is 2.56. The quantitative estimate of drug-likeness (QED) is 0.362. The van der Waals surface area contributed by atoms with Gasteiger partial charge in [0.1, 0.15) is 0 Å². The Morgan fingerprint density at radius 2 is 1.77 bits per heavy atom. The first kappa shape index (κ1) is 27.4. The summed E-state index contributed by atoms with van der Waals surface area (Å²) in [6.45, 7) is 9.75. The van der Waals surface area contributed by atoms with E-state index in [1.54, 1.807) is 19.1 Å². The number of cyclic esters (lactones) is 1. The summed E-state index contributed by atoms with van der Waals surface area (Å²) in [5.41, 5.74) is 0.237. The molecule has 0 saturated heterocycles. The molecule has 6 nitrogen and oxygen atoms in total. The van der Waals surface area contributed by atoms with Crippen molar-refractivity contribution < 1.29 is 29.6 Å². The average Bonchev–Trinajstić information content (AvgIpc) is 2.79. The first-order valence-corrected chi connectivity index (χ1v) is 13.0. The number of aliphatic carboxylic acids is 1. The lowest BCUT2D eigenvalue weighted by molar-refractivity contribution is -0.172. The summed E-state index contributed by atoms with van der Waals surface area (Å²) in [5.74, 6) is -1.82. The number of hydrogen-bond acceptors (Lipinski definition) is 5. The molecule has 3 rings (SSSR count). The highest BCUT2D eigenvalue weighted by molar-refractivity contribution is 5.87. The number of esters is 1. The molecular weight excluding hydrogens is 444 g/mol. The van der Waals surface area contributed by atoms with Crippen LogP contribution in [0.1, 0.15) is 66.7 Å². The molecule has 9 atom stereocenters. The largest absolute Gasteiger partial charge is 0.478 e. The summed E-state index contributed by atoms with van der Waals surface area (Å²) in [6, 6.07) is 0. The SMILES string of the molecule is CC1=C[C@H]2[C@H](O)[C@@H](C)CC[C@@H]2[C@]2(C)C(=O)O[C@H](C)CCC/C=C(/C(=O)O)[C@H](O)[C@@H](C)/C=C/C=C/[C@@H]12. The predicted octanol–water partition coefficient (Wildman–Crippen LogP) is 4.83. The van der Waals surface area contributed by atoms with Gasteiger partial charge in [0.2, 0.25) is 0 Å². The van der Waals surface area contributed by atoms with Crippen molar-refractivity contribution in [1.82, 2.24) is 0 Å². The summed E-state index contributed by atoms with van der Waals surface area (Å²) < 4.78 is 6.01. The Morgan fingerprint density at radius 3 is 2.46 bits per heavy atom. The van der Waals surface area contributed by atoms with E-state index in [4.69, 9.17) is 4.74 Å². The molecule has 1 fully saturated rings. The Balaban J connectivity index is 2.01. The third-order valence-electron chi connectivity index (χ3n) is 8.56. The second-order valence-corrected chi connectivity index (χ2v) is 11.1. The number of ether oxygens (including phenoxy) is 1. The molecule has 1 heterocycles. The number of carbonyl (C=O) groups is 2. The van der Waals surface area contributed by atoms with Gasteiger partial charge in [0.05, 0.1) is 29.3 Å². The Morgan fingerprint density at radius 1 is 1.09 bits per heavy atom. The molecule has 2 aliphatic carbocycles. The van der Waals surface area contributed by atoms with Crippen LogP contribution in [0.5, 0.6) is 0 Å². The number of fused-ring (bicyclic) bond motifs is 3. The number of carboxylic acid groups (broad SMARTS) is 1. The Kier molecular flexibility index (Phi) is 8.81. The molecule has 0 bridgehead atoms. The summed E-state index contributed by atoms with van der Waals surface area (Å²) in [6.07, 6.45) is 12.8. The third kappa shape index (κ3) is 5.64. The lowest BCUT2D eigenvalue weighted by Crippen LogP contribution is -2.54. The summed E-state index contributed by atoms with van der Waals surface area (Å²) in [7, 11) is 0. The van der Waals surface area contributed by atoms with Crippen LogP contribution in [0.15, 0.2) is 47.6 Å². The molecule has 1 saturated carbocycles. The van der Waals surface area contributed by atoms with E-state index in [9.17, 15) is 24.9 Å². The second-order valence-electron chi connectivity index (χ2n) is 11.1. The lowest BCUT2D eigenvalue weighted by Gasteiger charge is -2.52. The fourth-order valence-corrected chi connectivity index (χ4v) is 6.25. The van der Waals surface area contributed by atoms with Crippen molar-refractivity contribution in [1.29, 1.82) is 0 Å². The minimum absolute atomic E-state index is 0.00219. The van der Waals surface area contributed by atoms with Gasteiger partial charge in [-0.05, 0) is 64.7 Å². The van der Waals surface area contributed by atoms with E-state index < -0.39 is 23.6 Å². The van der Waals surface area contributed by atoms with Gasteiger partial charge in [-0.25, -0.2) is 4.79 Å². The van der Waals surface area contributed by atoms with E-state index in [1.807, 2.05) is 39.0 Å². The van der Waals surface area contributed by atoms with Crippen LogP contribution in [0, 0.1) is 35.0 Å². The van der Waals surface area contributed by atoms with Crippen LogP contribution in [-0.4, -0.2) is 45.6 Å². The van der Waals surface area contributed by atoms with Gasteiger partial charge in [0.25, 0.3) is 0 Å². The molecule has 1 aliphatic heterocycles. The van der Waals surface area contributed by atoms with Crippen molar-refractivity contribution in [2.45, 2.75) is 85.0 Å². The fourth-order valence-electron chi connectivity index (χ4n) is 6.25. The molecule has 0 unspecified atom stereocenters. The number of aliphatic hydroxyl groups is 2. The monoisotopic (exact) mass is 486 g/mol. The Labute approximate surface area is 209 Å². The maximum atomic E-state index is 13.8. The van der Waals surface area contributed by atoms with Crippen molar-refractivity contribution in [3.8, 4) is 0 Å². The van der Waals surface area contributed by atoms with Gasteiger partial charge in [-0.2, -0.15) is 0 Å². The first-order valence-electron chi connectivity index (χ1n) is 13.0. The van der Waals surface area contributed by atoms with Crippen LogP contribution in [-0.2, 0) is 14.3 Å². The van der Waals surface area contributed by atoms with E-state index in [1.165, 1.54) is 0 Å². The van der Waals surface area contributed by atoms with Crippen LogP contribution in [0.25, 0.3) is 0 Å². The number of carbonyl (C=O) groups excluding carboxylic acids is 1. The molecule has 0 aromatic heterocycles. The normalized spacial score (nSPS) is 44.5. The van der Waals surface area contributed by atoms with Crippen molar-refractivity contribution in [3.63, 3.8) is 0 Å². The molecule has 3 aliphatic rings. The van der Waals surface area contributed by atoms with Crippen molar-refractivity contribution in [2.24, 2.45) is 35.0 Å². The molecule has 0 spiro atoms. The van der Waals surface area contributed by atoms with Gasteiger partial charge in [0.15, 0.2) is 0 Å². The molecule has 0 amide bonds. The number of carboxylic acids is 1. The molecule has 0 radical (unpaired) electrons. The minimum Gasteiger partial charge on any atom is -0.478 e. The number of hydrogen-bond donors (Lipinski definition) is 3. The summed E-state index contributed by atoms with van der Waals surface area (Å²) >= 11 is 0. The summed E-state index contributed by atoms with van der Waals surface area (Å²) in [4.78, 5) is 25.5. The van der Waals surface area contributed by atoms with Gasteiger partial charge >= 0.3 is 11.9 Å². The molecule has 3 N–H and O–H groups in total. The van der Waals surface area contributed by atoms with Gasteiger partial charge in [-0.15, -0.1) is 0 Å². The van der Waals surface area contributed by atoms with E-state index >= 15 is 0 Å². The zero-order chi connectivity index (χ0) is 25.9.